The van der Waals surface area contributed by atoms with E-state index in [1.54, 1.807) is 30.3 Å². The Bertz CT molecular complexity index is 872. The number of hydrogen-bond acceptors (Lipinski definition) is 3. The molecule has 0 aliphatic rings. The third kappa shape index (κ3) is 5.01. The Morgan fingerprint density at radius 3 is 2.46 bits per heavy atom. The van der Waals surface area contributed by atoms with Gasteiger partial charge in [0.05, 0.1) is 11.3 Å². The van der Waals surface area contributed by atoms with Crippen LogP contribution in [0.4, 0.5) is 18.9 Å². The molecule has 0 bridgehead atoms. The monoisotopic (exact) mass is 379 g/mol. The van der Waals surface area contributed by atoms with Crippen molar-refractivity contribution in [2.75, 3.05) is 5.32 Å². The number of amides is 1. The van der Waals surface area contributed by atoms with Gasteiger partial charge in [-0.2, -0.15) is 18.4 Å². The lowest BCUT2D eigenvalue weighted by Gasteiger charge is -2.13. The summed E-state index contributed by atoms with van der Waals surface area (Å²) in [7, 11) is 0. The number of anilines is 1. The molecule has 0 radical (unpaired) electrons. The van der Waals surface area contributed by atoms with E-state index in [-0.39, 0.29) is 12.1 Å². The van der Waals surface area contributed by atoms with Crippen molar-refractivity contribution in [2.45, 2.75) is 12.7 Å². The largest absolute Gasteiger partial charge is 0.418 e. The van der Waals surface area contributed by atoms with Gasteiger partial charge in [0.2, 0.25) is 0 Å². The minimum Gasteiger partial charge on any atom is -0.386 e. The number of benzene rings is 2. The number of hydrogen-bond donors (Lipinski definition) is 2. The van der Waals surface area contributed by atoms with Crippen molar-refractivity contribution in [3.05, 3.63) is 76.5 Å². The first-order chi connectivity index (χ1) is 12.3. The predicted octanol–water partition coefficient (Wildman–Crippen LogP) is 4.49. The Morgan fingerprint density at radius 2 is 1.81 bits per heavy atom. The van der Waals surface area contributed by atoms with Gasteiger partial charge in [0.1, 0.15) is 11.6 Å². The molecule has 0 saturated heterocycles. The van der Waals surface area contributed by atoms with Crippen molar-refractivity contribution in [1.82, 2.24) is 5.32 Å². The lowest BCUT2D eigenvalue weighted by molar-refractivity contribution is -0.137. The lowest BCUT2D eigenvalue weighted by atomic mass is 10.1. The fourth-order valence-electron chi connectivity index (χ4n) is 2.08. The Kier molecular flexibility index (Phi) is 6.26. The summed E-state index contributed by atoms with van der Waals surface area (Å²) >= 11 is 5.99. The van der Waals surface area contributed by atoms with E-state index in [0.717, 1.165) is 23.9 Å². The number of alkyl halides is 3. The molecular formula is C18H13ClF3N3O. The number of para-hydroxylation sites is 1. The van der Waals surface area contributed by atoms with Crippen LogP contribution in [0.3, 0.4) is 0 Å². The highest BCUT2D eigenvalue weighted by Crippen LogP contribution is 2.34. The molecule has 0 unspecified atom stereocenters. The van der Waals surface area contributed by atoms with Gasteiger partial charge in [-0.1, -0.05) is 41.9 Å². The summed E-state index contributed by atoms with van der Waals surface area (Å²) in [5.41, 5.74) is -1.04. The Morgan fingerprint density at radius 1 is 1.15 bits per heavy atom. The Labute approximate surface area is 152 Å². The van der Waals surface area contributed by atoms with Gasteiger partial charge in [0.15, 0.2) is 0 Å². The number of rotatable bonds is 5. The molecule has 0 heterocycles. The van der Waals surface area contributed by atoms with E-state index < -0.39 is 23.3 Å². The maximum Gasteiger partial charge on any atom is 0.418 e. The minimum atomic E-state index is -4.62. The molecule has 2 N–H and O–H groups in total. The molecule has 4 nitrogen and oxygen atoms in total. The quantitative estimate of drug-likeness (QED) is 0.594. The topological polar surface area (TPSA) is 64.9 Å². The molecule has 8 heteroatoms. The molecule has 134 valence electrons. The minimum absolute atomic E-state index is 0.247. The summed E-state index contributed by atoms with van der Waals surface area (Å²) in [6, 6.07) is 13.2. The fraction of sp³-hybridized carbons (Fsp3) is 0.111. The van der Waals surface area contributed by atoms with Crippen LogP contribution in [-0.2, 0) is 17.5 Å². The average molecular weight is 380 g/mol. The zero-order valence-electron chi connectivity index (χ0n) is 13.3. The third-order valence-electron chi connectivity index (χ3n) is 3.34. The van der Waals surface area contributed by atoms with Crippen molar-refractivity contribution in [2.24, 2.45) is 0 Å². The standard InChI is InChI=1S/C18H13ClF3N3O/c19-15-7-3-1-5-12(15)10-24-11-13(9-23)17(26)25-16-8-4-2-6-14(16)18(20,21)22/h1-8,11,24H,10H2,(H,25,26)/b13-11-. The van der Waals surface area contributed by atoms with Gasteiger partial charge >= 0.3 is 6.18 Å². The second-order valence-electron chi connectivity index (χ2n) is 5.14. The van der Waals surface area contributed by atoms with Crippen molar-refractivity contribution in [3.8, 4) is 6.07 Å². The lowest BCUT2D eigenvalue weighted by Crippen LogP contribution is -2.19. The second kappa shape index (κ2) is 8.41. The molecular weight excluding hydrogens is 367 g/mol. The average Bonchev–Trinajstić information content (AvgIpc) is 2.59. The van der Waals surface area contributed by atoms with Crippen LogP contribution in [0.2, 0.25) is 5.02 Å². The van der Waals surface area contributed by atoms with Gasteiger partial charge < -0.3 is 10.6 Å². The van der Waals surface area contributed by atoms with Crippen molar-refractivity contribution in [1.29, 1.82) is 5.26 Å². The van der Waals surface area contributed by atoms with Crippen LogP contribution >= 0.6 is 11.6 Å². The van der Waals surface area contributed by atoms with E-state index in [1.165, 1.54) is 12.1 Å². The third-order valence-corrected chi connectivity index (χ3v) is 3.71. The summed E-state index contributed by atoms with van der Waals surface area (Å²) in [6.45, 7) is 0.247. The molecule has 2 aromatic carbocycles. The van der Waals surface area contributed by atoms with Gasteiger partial charge in [0, 0.05) is 17.8 Å². The van der Waals surface area contributed by atoms with Crippen molar-refractivity contribution >= 4 is 23.2 Å². The van der Waals surface area contributed by atoms with Gasteiger partial charge in [0.25, 0.3) is 5.91 Å². The van der Waals surface area contributed by atoms with Crippen LogP contribution in [-0.4, -0.2) is 5.91 Å². The van der Waals surface area contributed by atoms with Crippen LogP contribution in [0, 0.1) is 11.3 Å². The first kappa shape index (κ1) is 19.3. The van der Waals surface area contributed by atoms with E-state index >= 15 is 0 Å². The number of nitriles is 1. The Balaban J connectivity index is 2.10. The van der Waals surface area contributed by atoms with E-state index in [4.69, 9.17) is 16.9 Å². The van der Waals surface area contributed by atoms with Crippen LogP contribution in [0.15, 0.2) is 60.3 Å². The molecule has 1 amide bonds. The molecule has 2 rings (SSSR count). The zero-order chi connectivity index (χ0) is 19.2. The fourth-order valence-corrected chi connectivity index (χ4v) is 2.28. The number of nitrogens with one attached hydrogen (secondary N) is 2. The molecule has 0 aromatic heterocycles. The first-order valence-electron chi connectivity index (χ1n) is 7.37. The van der Waals surface area contributed by atoms with Crippen LogP contribution < -0.4 is 10.6 Å². The molecule has 0 aliphatic heterocycles. The van der Waals surface area contributed by atoms with Gasteiger partial charge in [-0.15, -0.1) is 0 Å². The Hall–Kier alpha value is -2.98. The summed E-state index contributed by atoms with van der Waals surface area (Å²) in [4.78, 5) is 12.1. The molecule has 0 atom stereocenters. The summed E-state index contributed by atoms with van der Waals surface area (Å²) in [5.74, 6) is -0.948. The van der Waals surface area contributed by atoms with Crippen LogP contribution in [0.25, 0.3) is 0 Å². The zero-order valence-corrected chi connectivity index (χ0v) is 14.0. The van der Waals surface area contributed by atoms with Crippen LogP contribution in [0.1, 0.15) is 11.1 Å². The molecule has 0 spiro atoms. The van der Waals surface area contributed by atoms with Crippen molar-refractivity contribution < 1.29 is 18.0 Å². The smallest absolute Gasteiger partial charge is 0.386 e. The normalized spacial score (nSPS) is 11.6. The summed E-state index contributed by atoms with van der Waals surface area (Å²) in [5, 5.41) is 14.5. The maximum absolute atomic E-state index is 13.0. The first-order valence-corrected chi connectivity index (χ1v) is 7.75. The highest BCUT2D eigenvalue weighted by molar-refractivity contribution is 6.31. The molecule has 0 fully saturated rings. The molecule has 26 heavy (non-hydrogen) atoms. The number of carbonyl (C=O) groups is 1. The van der Waals surface area contributed by atoms with E-state index in [2.05, 4.69) is 10.6 Å². The van der Waals surface area contributed by atoms with E-state index in [9.17, 15) is 18.0 Å². The maximum atomic E-state index is 13.0. The van der Waals surface area contributed by atoms with Crippen molar-refractivity contribution in [3.63, 3.8) is 0 Å². The molecule has 0 aliphatic carbocycles. The van der Waals surface area contributed by atoms with Gasteiger partial charge in [-0.05, 0) is 23.8 Å². The van der Waals surface area contributed by atoms with E-state index in [0.29, 0.717) is 5.02 Å². The highest BCUT2D eigenvalue weighted by atomic mass is 35.5. The second-order valence-corrected chi connectivity index (χ2v) is 5.55. The number of carbonyl (C=O) groups excluding carboxylic acids is 1. The predicted molar refractivity (Wildman–Crippen MR) is 92.1 cm³/mol. The molecule has 2 aromatic rings. The molecule has 0 saturated carbocycles. The summed E-state index contributed by atoms with van der Waals surface area (Å²) < 4.78 is 38.9. The van der Waals surface area contributed by atoms with Gasteiger partial charge in [-0.25, -0.2) is 0 Å². The van der Waals surface area contributed by atoms with Gasteiger partial charge in [-0.3, -0.25) is 4.79 Å². The SMILES string of the molecule is N#C/C(=C/NCc1ccccc1Cl)C(=O)Nc1ccccc1C(F)(F)F. The van der Waals surface area contributed by atoms with E-state index in [1.807, 2.05) is 0 Å². The number of nitrogens with zero attached hydrogens (tertiary/aromatic N) is 1. The van der Waals surface area contributed by atoms with Crippen LogP contribution in [0.5, 0.6) is 0 Å². The summed E-state index contributed by atoms with van der Waals surface area (Å²) in [6.07, 6.45) is -3.49. The number of halogens is 4. The highest BCUT2D eigenvalue weighted by Gasteiger charge is 2.33.